The second-order valence-corrected chi connectivity index (χ2v) is 9.53. The van der Waals surface area contributed by atoms with Crippen LogP contribution in [0.15, 0.2) is 73.3 Å². The van der Waals surface area contributed by atoms with Gasteiger partial charge in [0.2, 0.25) is 5.95 Å². The van der Waals surface area contributed by atoms with E-state index < -0.39 is 29.4 Å². The van der Waals surface area contributed by atoms with Crippen LogP contribution in [-0.2, 0) is 10.3 Å². The molecule has 0 radical (unpaired) electrons. The van der Waals surface area contributed by atoms with Gasteiger partial charge in [-0.25, -0.2) is 14.8 Å². The molecule has 13 nitrogen and oxygen atoms in total. The molecule has 5 rings (SSSR count). The number of aromatic nitrogens is 4. The first-order valence-corrected chi connectivity index (χ1v) is 12.6. The fourth-order valence-electron chi connectivity index (χ4n) is 4.23. The summed E-state index contributed by atoms with van der Waals surface area (Å²) in [5.41, 5.74) is 6.37. The van der Waals surface area contributed by atoms with Gasteiger partial charge in [0, 0.05) is 29.8 Å². The van der Waals surface area contributed by atoms with Crippen LogP contribution in [0.3, 0.4) is 0 Å². The van der Waals surface area contributed by atoms with Crippen molar-refractivity contribution >= 4 is 35.2 Å². The lowest BCUT2D eigenvalue weighted by Gasteiger charge is -2.20. The van der Waals surface area contributed by atoms with E-state index in [1.807, 2.05) is 30.3 Å². The van der Waals surface area contributed by atoms with E-state index in [1.54, 1.807) is 32.0 Å². The average Bonchev–Trinajstić information content (AvgIpc) is 3.22. The number of anilines is 3. The van der Waals surface area contributed by atoms with Crippen molar-refractivity contribution in [2.75, 3.05) is 17.2 Å². The first-order valence-electron chi connectivity index (χ1n) is 12.6. The van der Waals surface area contributed by atoms with Crippen LogP contribution < -0.4 is 21.5 Å². The number of hydrogen-bond acceptors (Lipinski definition) is 11. The van der Waals surface area contributed by atoms with E-state index >= 15 is 0 Å². The molecule has 2 aromatic heterocycles. The summed E-state index contributed by atoms with van der Waals surface area (Å²) in [6, 6.07) is 13.7. The van der Waals surface area contributed by atoms with E-state index in [4.69, 9.17) is 4.74 Å². The van der Waals surface area contributed by atoms with E-state index in [1.165, 1.54) is 24.8 Å². The molecule has 0 fully saturated rings. The molecule has 0 saturated heterocycles. The predicted molar refractivity (Wildman–Crippen MR) is 147 cm³/mol. The number of benzene rings is 2. The molecule has 1 aliphatic heterocycles. The van der Waals surface area contributed by atoms with Crippen LogP contribution in [0.5, 0.6) is 0 Å². The maximum absolute atomic E-state index is 13.1. The summed E-state index contributed by atoms with van der Waals surface area (Å²) in [6.07, 6.45) is 5.31. The van der Waals surface area contributed by atoms with Gasteiger partial charge in [-0.15, -0.1) is 0 Å². The molecule has 13 heteroatoms. The van der Waals surface area contributed by atoms with Gasteiger partial charge in [0.25, 0.3) is 11.8 Å². The number of esters is 1. The van der Waals surface area contributed by atoms with Crippen LogP contribution in [0, 0.1) is 0 Å². The topological polar surface area (TPSA) is 180 Å². The van der Waals surface area contributed by atoms with Gasteiger partial charge in [-0.1, -0.05) is 30.3 Å². The van der Waals surface area contributed by atoms with Crippen LogP contribution in [-0.4, -0.2) is 49.4 Å². The fourth-order valence-corrected chi connectivity index (χ4v) is 4.23. The fraction of sp³-hybridized carbons (Fsp3) is 0.179. The predicted octanol–water partition coefficient (Wildman–Crippen LogP) is 2.64. The van der Waals surface area contributed by atoms with E-state index in [9.17, 15) is 19.5 Å². The standard InChI is InChI=1S/C28H26N8O5/c1-28(2)20-12-17(8-9-18(20)26(40)41-28)32-27-31-13-19(24(38)35-36-25(39)21-14-29-10-11-30-21)23(34-27)33-22(15-37)16-6-4-3-5-7-16/h3-14,22,37H,15H2,1-2H3,(H,35,38)(H,36,39)(H2,31,32,33,34)/t22-/m1/s1. The van der Waals surface area contributed by atoms with Gasteiger partial charge in [-0.2, -0.15) is 4.98 Å². The number of nitrogens with zero attached hydrogens (tertiary/aromatic N) is 4. The number of nitrogens with one attached hydrogen (secondary N) is 4. The highest BCUT2D eigenvalue weighted by Crippen LogP contribution is 2.37. The van der Waals surface area contributed by atoms with Crippen molar-refractivity contribution in [3.05, 3.63) is 101 Å². The molecule has 5 N–H and O–H groups in total. The summed E-state index contributed by atoms with van der Waals surface area (Å²) in [5, 5.41) is 16.3. The molecule has 0 spiro atoms. The van der Waals surface area contributed by atoms with Crippen LogP contribution in [0.25, 0.3) is 0 Å². The number of ether oxygens (including phenoxy) is 1. The Kier molecular flexibility index (Phi) is 7.52. The highest BCUT2D eigenvalue weighted by atomic mass is 16.6. The van der Waals surface area contributed by atoms with Gasteiger partial charge in [-0.05, 0) is 37.6 Å². The molecule has 208 valence electrons. The minimum atomic E-state index is -0.792. The molecule has 0 unspecified atom stereocenters. The normalized spacial score (nSPS) is 13.9. The third-order valence-corrected chi connectivity index (χ3v) is 6.31. The summed E-state index contributed by atoms with van der Waals surface area (Å²) in [4.78, 5) is 54.1. The zero-order valence-electron chi connectivity index (χ0n) is 22.1. The zero-order valence-corrected chi connectivity index (χ0v) is 22.1. The molecule has 2 amide bonds. The van der Waals surface area contributed by atoms with Crippen LogP contribution >= 0.6 is 0 Å². The molecule has 1 aliphatic rings. The molecular formula is C28H26N8O5. The molecule has 3 heterocycles. The molecule has 0 saturated carbocycles. The Hall–Kier alpha value is -5.43. The van der Waals surface area contributed by atoms with E-state index in [0.29, 0.717) is 16.8 Å². The number of fused-ring (bicyclic) bond motifs is 1. The zero-order chi connectivity index (χ0) is 29.0. The van der Waals surface area contributed by atoms with Crippen molar-refractivity contribution in [2.45, 2.75) is 25.5 Å². The van der Waals surface area contributed by atoms with E-state index in [-0.39, 0.29) is 29.6 Å². The monoisotopic (exact) mass is 554 g/mol. The lowest BCUT2D eigenvalue weighted by Crippen LogP contribution is -2.42. The Balaban J connectivity index is 1.42. The third kappa shape index (κ3) is 5.94. The Morgan fingerprint density at radius 3 is 2.51 bits per heavy atom. The van der Waals surface area contributed by atoms with Crippen molar-refractivity contribution in [1.29, 1.82) is 0 Å². The number of rotatable bonds is 8. The summed E-state index contributed by atoms with van der Waals surface area (Å²) in [5.74, 6) is -1.54. The van der Waals surface area contributed by atoms with Gasteiger partial charge in [-0.3, -0.25) is 25.4 Å². The summed E-state index contributed by atoms with van der Waals surface area (Å²) in [7, 11) is 0. The smallest absolute Gasteiger partial charge is 0.339 e. The van der Waals surface area contributed by atoms with E-state index in [0.717, 1.165) is 5.56 Å². The van der Waals surface area contributed by atoms with Gasteiger partial charge in [0.1, 0.15) is 22.7 Å². The number of hydrazine groups is 1. The third-order valence-electron chi connectivity index (χ3n) is 6.31. The molecule has 0 aliphatic carbocycles. The first kappa shape index (κ1) is 27.1. The maximum atomic E-state index is 13.1. The van der Waals surface area contributed by atoms with Crippen molar-refractivity contribution in [3.8, 4) is 0 Å². The quantitative estimate of drug-likeness (QED) is 0.160. The van der Waals surface area contributed by atoms with Gasteiger partial charge in [0.05, 0.1) is 24.4 Å². The largest absolute Gasteiger partial charge is 0.451 e. The minimum absolute atomic E-state index is 0.00143. The Bertz CT molecular complexity index is 1600. The first-order chi connectivity index (χ1) is 19.7. The van der Waals surface area contributed by atoms with Crippen molar-refractivity contribution in [1.82, 2.24) is 30.8 Å². The van der Waals surface area contributed by atoms with Crippen molar-refractivity contribution in [2.24, 2.45) is 0 Å². The average molecular weight is 555 g/mol. The Morgan fingerprint density at radius 2 is 1.78 bits per heavy atom. The Labute approximate surface area is 234 Å². The Morgan fingerprint density at radius 1 is 1.00 bits per heavy atom. The number of aliphatic hydroxyl groups excluding tert-OH is 1. The number of aliphatic hydroxyl groups is 1. The molecule has 2 aromatic carbocycles. The lowest BCUT2D eigenvalue weighted by atomic mass is 9.95. The van der Waals surface area contributed by atoms with Crippen LogP contribution in [0.4, 0.5) is 17.5 Å². The molecular weight excluding hydrogens is 528 g/mol. The molecule has 4 aromatic rings. The second kappa shape index (κ2) is 11.4. The summed E-state index contributed by atoms with van der Waals surface area (Å²) >= 11 is 0. The summed E-state index contributed by atoms with van der Waals surface area (Å²) in [6.45, 7) is 3.30. The van der Waals surface area contributed by atoms with Crippen LogP contribution in [0.2, 0.25) is 0 Å². The summed E-state index contributed by atoms with van der Waals surface area (Å²) < 4.78 is 5.44. The highest BCUT2D eigenvalue weighted by Gasteiger charge is 2.37. The maximum Gasteiger partial charge on any atom is 0.339 e. The SMILES string of the molecule is CC1(C)OC(=O)c2ccc(Nc3ncc(C(=O)NNC(=O)c4cnccn4)c(N[C@H](CO)c4ccccc4)n3)cc21. The number of amides is 2. The molecule has 41 heavy (non-hydrogen) atoms. The van der Waals surface area contributed by atoms with Gasteiger partial charge in [0.15, 0.2) is 0 Å². The highest BCUT2D eigenvalue weighted by molar-refractivity contribution is 6.01. The molecule has 0 bridgehead atoms. The second-order valence-electron chi connectivity index (χ2n) is 9.53. The van der Waals surface area contributed by atoms with Crippen LogP contribution in [0.1, 0.15) is 62.2 Å². The van der Waals surface area contributed by atoms with Gasteiger partial charge >= 0.3 is 5.97 Å². The number of carbonyl (C=O) groups is 3. The molecule has 1 atom stereocenters. The lowest BCUT2D eigenvalue weighted by molar-refractivity contribution is 0.00952. The van der Waals surface area contributed by atoms with Crippen molar-refractivity contribution < 1.29 is 24.2 Å². The number of hydrogen-bond donors (Lipinski definition) is 5. The number of carbonyl (C=O) groups excluding carboxylic acids is 3. The number of cyclic esters (lactones) is 1. The van der Waals surface area contributed by atoms with E-state index in [2.05, 4.69) is 41.4 Å². The van der Waals surface area contributed by atoms with Gasteiger partial charge < -0.3 is 20.5 Å². The van der Waals surface area contributed by atoms with Crippen molar-refractivity contribution in [3.63, 3.8) is 0 Å². The minimum Gasteiger partial charge on any atom is -0.451 e.